The Morgan fingerprint density at radius 1 is 1.22 bits per heavy atom. The van der Waals surface area contributed by atoms with Crippen LogP contribution < -0.4 is 0 Å². The number of aromatic carboxylic acids is 1. The van der Waals surface area contributed by atoms with Gasteiger partial charge in [-0.25, -0.2) is 14.8 Å². The van der Waals surface area contributed by atoms with E-state index in [1.165, 1.54) is 17.5 Å². The van der Waals surface area contributed by atoms with Crippen molar-refractivity contribution in [2.24, 2.45) is 0 Å². The van der Waals surface area contributed by atoms with Gasteiger partial charge < -0.3 is 5.11 Å². The van der Waals surface area contributed by atoms with E-state index >= 15 is 0 Å². The maximum Gasteiger partial charge on any atom is 0.337 e. The maximum atomic E-state index is 10.9. The van der Waals surface area contributed by atoms with E-state index in [1.54, 1.807) is 6.07 Å². The molecular weight excluding hydrogens is 248 g/mol. The molecular formula is C13H8N2O2S. The summed E-state index contributed by atoms with van der Waals surface area (Å²) in [7, 11) is 0. The van der Waals surface area contributed by atoms with Crippen molar-refractivity contribution >= 4 is 27.7 Å². The van der Waals surface area contributed by atoms with Gasteiger partial charge in [-0.2, -0.15) is 0 Å². The van der Waals surface area contributed by atoms with Crippen LogP contribution in [0, 0.1) is 0 Å². The number of thiazole rings is 1. The maximum absolute atomic E-state index is 10.9. The van der Waals surface area contributed by atoms with E-state index in [0.29, 0.717) is 5.52 Å². The molecule has 0 bridgehead atoms. The molecule has 0 amide bonds. The van der Waals surface area contributed by atoms with Crippen LogP contribution in [-0.2, 0) is 0 Å². The quantitative estimate of drug-likeness (QED) is 0.765. The molecule has 2 heterocycles. The van der Waals surface area contributed by atoms with Crippen molar-refractivity contribution in [1.82, 2.24) is 9.97 Å². The first-order valence-electron chi connectivity index (χ1n) is 5.29. The summed E-state index contributed by atoms with van der Waals surface area (Å²) in [5.41, 5.74) is 1.79. The molecule has 0 aliphatic heterocycles. The van der Waals surface area contributed by atoms with Crippen LogP contribution in [0.1, 0.15) is 10.4 Å². The highest BCUT2D eigenvalue weighted by molar-refractivity contribution is 7.21. The lowest BCUT2D eigenvalue weighted by Crippen LogP contribution is -1.96. The lowest BCUT2D eigenvalue weighted by Gasteiger charge is -1.92. The number of carboxylic acids is 1. The summed E-state index contributed by atoms with van der Waals surface area (Å²) in [6, 6.07) is 11.3. The van der Waals surface area contributed by atoms with Gasteiger partial charge in [0.25, 0.3) is 0 Å². The van der Waals surface area contributed by atoms with Gasteiger partial charge in [-0.15, -0.1) is 0 Å². The van der Waals surface area contributed by atoms with Gasteiger partial charge in [0.1, 0.15) is 15.4 Å². The third-order valence-corrected chi connectivity index (χ3v) is 3.54. The predicted octanol–water partition coefficient (Wildman–Crippen LogP) is 3.06. The first kappa shape index (κ1) is 10.9. The molecule has 0 unspecified atom stereocenters. The predicted molar refractivity (Wildman–Crippen MR) is 69.8 cm³/mol. The minimum Gasteiger partial charge on any atom is -0.478 e. The Kier molecular flexibility index (Phi) is 2.53. The highest BCUT2D eigenvalue weighted by atomic mass is 32.1. The average Bonchev–Trinajstić information content (AvgIpc) is 2.82. The summed E-state index contributed by atoms with van der Waals surface area (Å²) in [5.74, 6) is -0.987. The van der Waals surface area contributed by atoms with Crippen molar-refractivity contribution in [2.45, 2.75) is 0 Å². The second kappa shape index (κ2) is 4.19. The Labute approximate surface area is 107 Å². The van der Waals surface area contributed by atoms with E-state index in [9.17, 15) is 4.79 Å². The van der Waals surface area contributed by atoms with Crippen molar-refractivity contribution in [1.29, 1.82) is 0 Å². The number of benzene rings is 1. The second-order valence-corrected chi connectivity index (χ2v) is 4.72. The Bertz CT molecular complexity index is 722. The van der Waals surface area contributed by atoms with Crippen LogP contribution in [0.25, 0.3) is 20.9 Å². The molecule has 0 radical (unpaired) electrons. The van der Waals surface area contributed by atoms with Crippen LogP contribution in [0.4, 0.5) is 0 Å². The van der Waals surface area contributed by atoms with E-state index in [0.717, 1.165) is 15.4 Å². The molecule has 18 heavy (non-hydrogen) atoms. The van der Waals surface area contributed by atoms with Gasteiger partial charge in [-0.1, -0.05) is 41.7 Å². The molecule has 0 saturated heterocycles. The minimum absolute atomic E-state index is 0.160. The number of rotatable bonds is 2. The Morgan fingerprint density at radius 2 is 2.00 bits per heavy atom. The molecule has 1 N–H and O–H groups in total. The fourth-order valence-corrected chi connectivity index (χ4v) is 2.54. The summed E-state index contributed by atoms with van der Waals surface area (Å²) >= 11 is 1.46. The van der Waals surface area contributed by atoms with Crippen molar-refractivity contribution in [3.8, 4) is 10.6 Å². The van der Waals surface area contributed by atoms with Gasteiger partial charge in [0.2, 0.25) is 0 Å². The molecule has 88 valence electrons. The van der Waals surface area contributed by atoms with E-state index in [1.807, 2.05) is 30.3 Å². The lowest BCUT2D eigenvalue weighted by atomic mass is 10.2. The Morgan fingerprint density at radius 3 is 2.72 bits per heavy atom. The summed E-state index contributed by atoms with van der Waals surface area (Å²) in [5, 5.41) is 9.75. The molecule has 3 rings (SSSR count). The third kappa shape index (κ3) is 1.84. The summed E-state index contributed by atoms with van der Waals surface area (Å²) in [6.45, 7) is 0. The van der Waals surface area contributed by atoms with E-state index in [4.69, 9.17) is 5.11 Å². The zero-order valence-electron chi connectivity index (χ0n) is 9.20. The monoisotopic (exact) mass is 256 g/mol. The number of hydrogen-bond acceptors (Lipinski definition) is 4. The van der Waals surface area contributed by atoms with E-state index in [2.05, 4.69) is 9.97 Å². The summed E-state index contributed by atoms with van der Waals surface area (Å²) < 4.78 is 0. The van der Waals surface area contributed by atoms with Gasteiger partial charge in [0.15, 0.2) is 0 Å². The fourth-order valence-electron chi connectivity index (χ4n) is 1.64. The smallest absolute Gasteiger partial charge is 0.337 e. The first-order chi connectivity index (χ1) is 8.74. The van der Waals surface area contributed by atoms with E-state index < -0.39 is 5.97 Å². The number of aromatic nitrogens is 2. The number of fused-ring (bicyclic) bond motifs is 1. The topological polar surface area (TPSA) is 63.1 Å². The fraction of sp³-hybridized carbons (Fsp3) is 0. The van der Waals surface area contributed by atoms with Gasteiger partial charge in [-0.3, -0.25) is 0 Å². The standard InChI is InChI=1S/C13H8N2O2S/c16-13(17)9-6-10-12(14-7-9)18-11(15-10)8-4-2-1-3-5-8/h1-7H,(H,16,17). The minimum atomic E-state index is -0.987. The average molecular weight is 256 g/mol. The van der Waals surface area contributed by atoms with Gasteiger partial charge in [0, 0.05) is 11.8 Å². The lowest BCUT2D eigenvalue weighted by molar-refractivity contribution is 0.0696. The molecule has 1 aromatic carbocycles. The molecule has 0 fully saturated rings. The molecule has 0 aliphatic carbocycles. The second-order valence-electron chi connectivity index (χ2n) is 3.74. The van der Waals surface area contributed by atoms with Gasteiger partial charge in [0.05, 0.1) is 5.56 Å². The third-order valence-electron chi connectivity index (χ3n) is 2.52. The molecule has 0 spiro atoms. The SMILES string of the molecule is O=C(O)c1cnc2sc(-c3ccccc3)nc2c1. The normalized spacial score (nSPS) is 10.7. The van der Waals surface area contributed by atoms with Gasteiger partial charge in [-0.05, 0) is 6.07 Å². The number of pyridine rings is 1. The molecule has 5 heteroatoms. The number of carboxylic acid groups (broad SMARTS) is 1. The molecule has 0 atom stereocenters. The highest BCUT2D eigenvalue weighted by Gasteiger charge is 2.10. The molecule has 4 nitrogen and oxygen atoms in total. The number of carbonyl (C=O) groups is 1. The zero-order chi connectivity index (χ0) is 12.5. The molecule has 2 aromatic heterocycles. The van der Waals surface area contributed by atoms with Crippen molar-refractivity contribution in [2.75, 3.05) is 0 Å². The van der Waals surface area contributed by atoms with E-state index in [-0.39, 0.29) is 5.56 Å². The Hall–Kier alpha value is -2.27. The largest absolute Gasteiger partial charge is 0.478 e. The van der Waals surface area contributed by atoms with Gasteiger partial charge >= 0.3 is 5.97 Å². The Balaban J connectivity index is 2.14. The van der Waals surface area contributed by atoms with Crippen LogP contribution in [0.2, 0.25) is 0 Å². The van der Waals surface area contributed by atoms with Crippen LogP contribution >= 0.6 is 11.3 Å². The van der Waals surface area contributed by atoms with Crippen molar-refractivity contribution in [3.05, 3.63) is 48.2 Å². The van der Waals surface area contributed by atoms with Crippen molar-refractivity contribution < 1.29 is 9.90 Å². The molecule has 0 aliphatic rings. The highest BCUT2D eigenvalue weighted by Crippen LogP contribution is 2.28. The zero-order valence-corrected chi connectivity index (χ0v) is 10.0. The molecule has 3 aromatic rings. The summed E-state index contributed by atoms with van der Waals surface area (Å²) in [6.07, 6.45) is 1.36. The number of hydrogen-bond donors (Lipinski definition) is 1. The van der Waals surface area contributed by atoms with Crippen LogP contribution in [0.5, 0.6) is 0 Å². The summed E-state index contributed by atoms with van der Waals surface area (Å²) in [4.78, 5) is 20.1. The first-order valence-corrected chi connectivity index (χ1v) is 6.11. The van der Waals surface area contributed by atoms with Crippen molar-refractivity contribution in [3.63, 3.8) is 0 Å². The van der Waals surface area contributed by atoms with Crippen LogP contribution in [0.3, 0.4) is 0 Å². The molecule has 0 saturated carbocycles. The van der Waals surface area contributed by atoms with Crippen LogP contribution in [-0.4, -0.2) is 21.0 Å². The van der Waals surface area contributed by atoms with Crippen LogP contribution in [0.15, 0.2) is 42.6 Å². The number of nitrogens with zero attached hydrogens (tertiary/aromatic N) is 2.